The summed E-state index contributed by atoms with van der Waals surface area (Å²) in [6.07, 6.45) is 0. The van der Waals surface area contributed by atoms with Gasteiger partial charge in [0.05, 0.1) is 0 Å². The molecule has 0 amide bonds. The van der Waals surface area contributed by atoms with E-state index in [1.807, 2.05) is 30.3 Å². The van der Waals surface area contributed by atoms with Crippen LogP contribution in [-0.2, 0) is 0 Å². The van der Waals surface area contributed by atoms with E-state index in [0.717, 1.165) is 22.3 Å². The zero-order chi connectivity index (χ0) is 12.5. The molecule has 0 radical (unpaired) electrons. The van der Waals surface area contributed by atoms with E-state index in [9.17, 15) is 0 Å². The first-order chi connectivity index (χ1) is 8.74. The van der Waals surface area contributed by atoms with E-state index in [1.54, 1.807) is 0 Å². The molecule has 0 atom stereocenters. The van der Waals surface area contributed by atoms with E-state index in [1.165, 1.54) is 5.56 Å². The molecule has 0 saturated carbocycles. The molecule has 0 unspecified atom stereocenters. The Kier molecular flexibility index (Phi) is 2.68. The monoisotopic (exact) mass is 252 g/mol. The molecule has 1 heterocycles. The van der Waals surface area contributed by atoms with Crippen molar-refractivity contribution < 1.29 is 0 Å². The molecule has 3 aromatic rings. The molecule has 1 aromatic heterocycles. The molecule has 0 aliphatic heterocycles. The van der Waals surface area contributed by atoms with Gasteiger partial charge in [-0.15, -0.1) is 0 Å². The van der Waals surface area contributed by atoms with Crippen LogP contribution in [0, 0.1) is 11.6 Å². The molecule has 0 fully saturated rings. The van der Waals surface area contributed by atoms with Crippen molar-refractivity contribution in [2.24, 2.45) is 0 Å². The molecule has 3 heteroatoms. The van der Waals surface area contributed by atoms with Gasteiger partial charge in [-0.2, -0.15) is 0 Å². The van der Waals surface area contributed by atoms with Crippen LogP contribution in [-0.4, -0.2) is 9.97 Å². The first kappa shape index (κ1) is 11.1. The lowest BCUT2D eigenvalue weighted by molar-refractivity contribution is 1.21. The van der Waals surface area contributed by atoms with Crippen molar-refractivity contribution in [3.8, 4) is 11.4 Å². The third-order valence-corrected chi connectivity index (χ3v) is 3.23. The molecule has 0 spiro atoms. The number of rotatable bonds is 1. The fraction of sp³-hybridized carbons (Fsp3) is 0.0667. The van der Waals surface area contributed by atoms with Crippen LogP contribution in [0.2, 0.25) is 0 Å². The molecule has 2 nitrogen and oxygen atoms in total. The van der Waals surface area contributed by atoms with E-state index in [-0.39, 0.29) is 0 Å². The van der Waals surface area contributed by atoms with Crippen molar-refractivity contribution in [1.82, 2.24) is 9.97 Å². The number of aromatic nitrogens is 2. The van der Waals surface area contributed by atoms with Gasteiger partial charge in [-0.3, -0.25) is 0 Å². The van der Waals surface area contributed by atoms with E-state index >= 15 is 0 Å². The van der Waals surface area contributed by atoms with Gasteiger partial charge in [0.2, 0.25) is 0 Å². The summed E-state index contributed by atoms with van der Waals surface area (Å²) in [6.45, 7) is 2.05. The lowest BCUT2D eigenvalue weighted by Gasteiger charge is -2.05. The van der Waals surface area contributed by atoms with Crippen LogP contribution in [0.1, 0.15) is 5.56 Å². The van der Waals surface area contributed by atoms with Crippen molar-refractivity contribution in [1.29, 1.82) is 0 Å². The second kappa shape index (κ2) is 4.35. The average molecular weight is 252 g/mol. The fourth-order valence-electron chi connectivity index (χ4n) is 1.99. The summed E-state index contributed by atoms with van der Waals surface area (Å²) in [4.78, 5) is 7.81. The predicted octanol–water partition coefficient (Wildman–Crippen LogP) is 4.27. The normalized spacial score (nSPS) is 10.7. The first-order valence-electron chi connectivity index (χ1n) is 5.80. The van der Waals surface area contributed by atoms with Gasteiger partial charge < -0.3 is 4.98 Å². The Morgan fingerprint density at radius 2 is 1.83 bits per heavy atom. The summed E-state index contributed by atoms with van der Waals surface area (Å²) in [6, 6.07) is 16.2. The minimum absolute atomic E-state index is 0.645. The molecule has 88 valence electrons. The number of aryl methyl sites for hydroxylation is 1. The quantitative estimate of drug-likeness (QED) is 0.655. The third-order valence-electron chi connectivity index (χ3n) is 2.92. The number of aromatic amines is 1. The van der Waals surface area contributed by atoms with Gasteiger partial charge >= 0.3 is 0 Å². The number of nitrogens with one attached hydrogen (secondary N) is 1. The maximum Gasteiger partial charge on any atom is 0.139 e. The number of H-pyrrole nitrogens is 1. The van der Waals surface area contributed by atoms with Crippen molar-refractivity contribution in [2.75, 3.05) is 0 Å². The number of benzene rings is 2. The Labute approximate surface area is 110 Å². The van der Waals surface area contributed by atoms with Crippen LogP contribution in [0.4, 0.5) is 0 Å². The topological polar surface area (TPSA) is 28.7 Å². The van der Waals surface area contributed by atoms with Crippen LogP contribution < -0.4 is 0 Å². The molecule has 0 saturated heterocycles. The highest BCUT2D eigenvalue weighted by Crippen LogP contribution is 2.20. The van der Waals surface area contributed by atoms with Gasteiger partial charge in [0, 0.05) is 16.5 Å². The average Bonchev–Trinajstić information content (AvgIpc) is 2.40. The highest BCUT2D eigenvalue weighted by atomic mass is 32.1. The van der Waals surface area contributed by atoms with Crippen molar-refractivity contribution >= 4 is 23.1 Å². The molecule has 3 rings (SSSR count). The van der Waals surface area contributed by atoms with Gasteiger partial charge in [-0.05, 0) is 19.1 Å². The summed E-state index contributed by atoms with van der Waals surface area (Å²) < 4.78 is 0.645. The summed E-state index contributed by atoms with van der Waals surface area (Å²) in [5.41, 5.74) is 3.27. The van der Waals surface area contributed by atoms with E-state index in [2.05, 4.69) is 35.1 Å². The molecular weight excluding hydrogens is 240 g/mol. The first-order valence-corrected chi connectivity index (χ1v) is 6.21. The lowest BCUT2D eigenvalue weighted by Crippen LogP contribution is -1.91. The van der Waals surface area contributed by atoms with Gasteiger partial charge in [0.1, 0.15) is 10.5 Å². The van der Waals surface area contributed by atoms with Crippen LogP contribution in [0.15, 0.2) is 48.5 Å². The van der Waals surface area contributed by atoms with Crippen molar-refractivity contribution in [3.63, 3.8) is 0 Å². The summed E-state index contributed by atoms with van der Waals surface area (Å²) in [7, 11) is 0. The Morgan fingerprint density at radius 1 is 1.06 bits per heavy atom. The maximum atomic E-state index is 5.37. The molecule has 1 N–H and O–H groups in total. The minimum atomic E-state index is 0.645. The van der Waals surface area contributed by atoms with Gasteiger partial charge in [0.25, 0.3) is 0 Å². The second-order valence-corrected chi connectivity index (χ2v) is 4.69. The standard InChI is InChI=1S/C15H12N2S/c1-10-7-8-13-12(9-10)15(18)17-14(16-13)11-5-3-2-4-6-11/h2-9H,1H3,(H,16,17,18). The molecule has 0 aliphatic rings. The second-order valence-electron chi connectivity index (χ2n) is 4.31. The van der Waals surface area contributed by atoms with Crippen LogP contribution >= 0.6 is 12.2 Å². The van der Waals surface area contributed by atoms with Crippen LogP contribution in [0.25, 0.3) is 22.3 Å². The summed E-state index contributed by atoms with van der Waals surface area (Å²) in [5.74, 6) is 0.817. The minimum Gasteiger partial charge on any atom is -0.339 e. The van der Waals surface area contributed by atoms with Crippen molar-refractivity contribution in [3.05, 3.63) is 58.7 Å². The Bertz CT molecular complexity index is 760. The van der Waals surface area contributed by atoms with Crippen LogP contribution in [0.3, 0.4) is 0 Å². The zero-order valence-corrected chi connectivity index (χ0v) is 10.8. The van der Waals surface area contributed by atoms with Gasteiger partial charge in [-0.25, -0.2) is 4.98 Å². The zero-order valence-electron chi connectivity index (χ0n) is 9.97. The molecular formula is C15H12N2S. The maximum absolute atomic E-state index is 5.37. The fourth-order valence-corrected chi connectivity index (χ4v) is 2.25. The third kappa shape index (κ3) is 1.93. The Balaban J connectivity index is 2.29. The van der Waals surface area contributed by atoms with E-state index < -0.39 is 0 Å². The summed E-state index contributed by atoms with van der Waals surface area (Å²) >= 11 is 5.37. The predicted molar refractivity (Wildman–Crippen MR) is 77.1 cm³/mol. The highest BCUT2D eigenvalue weighted by Gasteiger charge is 2.03. The molecule has 2 aromatic carbocycles. The van der Waals surface area contributed by atoms with Crippen LogP contribution in [0.5, 0.6) is 0 Å². The molecule has 0 bridgehead atoms. The van der Waals surface area contributed by atoms with E-state index in [0.29, 0.717) is 4.64 Å². The van der Waals surface area contributed by atoms with E-state index in [4.69, 9.17) is 12.2 Å². The Hall–Kier alpha value is -2.00. The van der Waals surface area contributed by atoms with Gasteiger partial charge in [0.15, 0.2) is 0 Å². The number of fused-ring (bicyclic) bond motifs is 1. The number of hydrogen-bond donors (Lipinski definition) is 1. The SMILES string of the molecule is Cc1ccc2[nH]c(-c3ccccc3)nc(=S)c2c1. The van der Waals surface area contributed by atoms with Crippen molar-refractivity contribution in [2.45, 2.75) is 6.92 Å². The lowest BCUT2D eigenvalue weighted by atomic mass is 10.1. The molecule has 0 aliphatic carbocycles. The summed E-state index contributed by atoms with van der Waals surface area (Å²) in [5, 5.41) is 1.00. The Morgan fingerprint density at radius 3 is 2.61 bits per heavy atom. The smallest absolute Gasteiger partial charge is 0.139 e. The van der Waals surface area contributed by atoms with Gasteiger partial charge in [-0.1, -0.05) is 54.2 Å². The molecule has 18 heavy (non-hydrogen) atoms. The number of hydrogen-bond acceptors (Lipinski definition) is 2. The number of nitrogens with zero attached hydrogens (tertiary/aromatic N) is 1. The largest absolute Gasteiger partial charge is 0.339 e. The highest BCUT2D eigenvalue weighted by molar-refractivity contribution is 7.71.